The number of nitro groups is 1. The van der Waals surface area contributed by atoms with Gasteiger partial charge in [-0.2, -0.15) is 0 Å². The first-order chi connectivity index (χ1) is 10.0. The van der Waals surface area contributed by atoms with Crippen molar-refractivity contribution in [3.8, 4) is 0 Å². The van der Waals surface area contributed by atoms with E-state index in [1.807, 2.05) is 7.05 Å². The Labute approximate surface area is 131 Å². The highest BCUT2D eigenvalue weighted by Crippen LogP contribution is 2.26. The van der Waals surface area contributed by atoms with E-state index >= 15 is 0 Å². The van der Waals surface area contributed by atoms with E-state index in [2.05, 4.69) is 21.2 Å². The molecule has 0 aromatic heterocycles. The number of piperidine rings is 1. The fraction of sp³-hybridized carbons (Fsp3) is 0.500. The van der Waals surface area contributed by atoms with Crippen LogP contribution in [0.4, 0.5) is 5.69 Å². The first-order valence-corrected chi connectivity index (χ1v) is 7.70. The van der Waals surface area contributed by atoms with E-state index in [9.17, 15) is 14.9 Å². The highest BCUT2D eigenvalue weighted by molar-refractivity contribution is 9.10. The maximum Gasteiger partial charge on any atom is 0.283 e. The molecule has 6 nitrogen and oxygen atoms in total. The molecule has 0 radical (unpaired) electrons. The van der Waals surface area contributed by atoms with Crippen LogP contribution < -0.4 is 5.32 Å². The van der Waals surface area contributed by atoms with Gasteiger partial charge in [-0.15, -0.1) is 0 Å². The number of hydrogen-bond donors (Lipinski definition) is 1. The smallest absolute Gasteiger partial charge is 0.283 e. The molecule has 1 fully saturated rings. The molecule has 0 saturated carbocycles. The van der Waals surface area contributed by atoms with Crippen LogP contribution in [0, 0.1) is 16.0 Å². The van der Waals surface area contributed by atoms with Gasteiger partial charge in [0.15, 0.2) is 0 Å². The summed E-state index contributed by atoms with van der Waals surface area (Å²) < 4.78 is 0.595. The molecule has 1 heterocycles. The molecule has 1 N–H and O–H groups in total. The highest BCUT2D eigenvalue weighted by atomic mass is 79.9. The number of nitrogens with one attached hydrogen (secondary N) is 1. The molecule has 0 bridgehead atoms. The van der Waals surface area contributed by atoms with Crippen LogP contribution in [0.1, 0.15) is 23.2 Å². The fourth-order valence-electron chi connectivity index (χ4n) is 2.71. The molecule has 2 rings (SSSR count). The van der Waals surface area contributed by atoms with Gasteiger partial charge in [-0.3, -0.25) is 14.9 Å². The lowest BCUT2D eigenvalue weighted by Crippen LogP contribution is -2.42. The summed E-state index contributed by atoms with van der Waals surface area (Å²) in [5, 5.41) is 14.3. The number of nitrogens with zero attached hydrogens (tertiary/aromatic N) is 2. The number of amides is 1. The molecule has 114 valence electrons. The van der Waals surface area contributed by atoms with Gasteiger partial charge in [0.25, 0.3) is 11.6 Å². The van der Waals surface area contributed by atoms with Gasteiger partial charge in [-0.05, 0) is 44.5 Å². The van der Waals surface area contributed by atoms with Gasteiger partial charge in [0.05, 0.1) is 4.92 Å². The number of rotatable bonds is 4. The maximum absolute atomic E-state index is 12.6. The summed E-state index contributed by atoms with van der Waals surface area (Å²) in [6.45, 7) is 2.16. The number of nitro benzene ring substituents is 1. The summed E-state index contributed by atoms with van der Waals surface area (Å²) in [6.07, 6.45) is 2.01. The number of halogens is 1. The summed E-state index contributed by atoms with van der Waals surface area (Å²) in [7, 11) is 1.89. The Morgan fingerprint density at radius 3 is 3.00 bits per heavy atom. The highest BCUT2D eigenvalue weighted by Gasteiger charge is 2.28. The molecule has 1 amide bonds. The fourth-order valence-corrected chi connectivity index (χ4v) is 3.06. The Balaban J connectivity index is 2.21. The van der Waals surface area contributed by atoms with E-state index in [1.54, 1.807) is 11.0 Å². The van der Waals surface area contributed by atoms with Crippen molar-refractivity contribution in [3.63, 3.8) is 0 Å². The van der Waals surface area contributed by atoms with Gasteiger partial charge < -0.3 is 10.2 Å². The molecule has 1 saturated heterocycles. The molecule has 1 aromatic carbocycles. The second-order valence-corrected chi connectivity index (χ2v) is 6.15. The van der Waals surface area contributed by atoms with Crippen LogP contribution in [-0.2, 0) is 0 Å². The van der Waals surface area contributed by atoms with Crippen LogP contribution in [0.15, 0.2) is 22.7 Å². The molecule has 21 heavy (non-hydrogen) atoms. The Morgan fingerprint density at radius 2 is 2.33 bits per heavy atom. The number of carbonyl (C=O) groups is 1. The van der Waals surface area contributed by atoms with Gasteiger partial charge >= 0.3 is 0 Å². The average molecular weight is 356 g/mol. The van der Waals surface area contributed by atoms with Crippen molar-refractivity contribution < 1.29 is 9.72 Å². The zero-order chi connectivity index (χ0) is 15.4. The molecular formula is C14H18BrN3O3. The molecule has 0 aliphatic carbocycles. The largest absolute Gasteiger partial charge is 0.338 e. The van der Waals surface area contributed by atoms with Gasteiger partial charge in [0, 0.05) is 23.6 Å². The quantitative estimate of drug-likeness (QED) is 0.664. The molecular weight excluding hydrogens is 338 g/mol. The minimum Gasteiger partial charge on any atom is -0.338 e. The third-order valence-corrected chi connectivity index (χ3v) is 4.18. The topological polar surface area (TPSA) is 75.5 Å². The number of carbonyl (C=O) groups excluding carboxylic acids is 1. The minimum atomic E-state index is -0.507. The van der Waals surface area contributed by atoms with Gasteiger partial charge in [-0.1, -0.05) is 15.9 Å². The van der Waals surface area contributed by atoms with Crippen LogP contribution in [0.2, 0.25) is 0 Å². The lowest BCUT2D eigenvalue weighted by Gasteiger charge is -2.32. The van der Waals surface area contributed by atoms with Crippen molar-refractivity contribution in [1.29, 1.82) is 0 Å². The molecule has 1 unspecified atom stereocenters. The van der Waals surface area contributed by atoms with Crippen molar-refractivity contribution in [2.45, 2.75) is 12.8 Å². The van der Waals surface area contributed by atoms with Crippen molar-refractivity contribution in [1.82, 2.24) is 10.2 Å². The second-order valence-electron chi connectivity index (χ2n) is 5.24. The lowest BCUT2D eigenvalue weighted by molar-refractivity contribution is -0.385. The molecule has 1 atom stereocenters. The number of hydrogen-bond acceptors (Lipinski definition) is 4. The number of benzene rings is 1. The van der Waals surface area contributed by atoms with Crippen LogP contribution in [0.25, 0.3) is 0 Å². The van der Waals surface area contributed by atoms with E-state index < -0.39 is 4.92 Å². The Bertz CT molecular complexity index is 548. The zero-order valence-corrected chi connectivity index (χ0v) is 13.4. The summed E-state index contributed by atoms with van der Waals surface area (Å²) >= 11 is 3.20. The number of likely N-dealkylation sites (tertiary alicyclic amines) is 1. The van der Waals surface area contributed by atoms with E-state index in [-0.39, 0.29) is 17.2 Å². The first kappa shape index (κ1) is 15.9. The van der Waals surface area contributed by atoms with E-state index in [0.29, 0.717) is 23.5 Å². The zero-order valence-electron chi connectivity index (χ0n) is 11.8. The van der Waals surface area contributed by atoms with Gasteiger partial charge in [0.2, 0.25) is 0 Å². The summed E-state index contributed by atoms with van der Waals surface area (Å²) in [6, 6.07) is 4.56. The van der Waals surface area contributed by atoms with Crippen LogP contribution in [-0.4, -0.2) is 42.4 Å². The van der Waals surface area contributed by atoms with E-state index in [1.165, 1.54) is 12.1 Å². The molecule has 1 aliphatic rings. The van der Waals surface area contributed by atoms with Gasteiger partial charge in [-0.25, -0.2) is 0 Å². The van der Waals surface area contributed by atoms with Crippen molar-refractivity contribution >= 4 is 27.5 Å². The van der Waals surface area contributed by atoms with Crippen molar-refractivity contribution in [3.05, 3.63) is 38.3 Å². The van der Waals surface area contributed by atoms with Gasteiger partial charge in [0.1, 0.15) is 5.56 Å². The first-order valence-electron chi connectivity index (χ1n) is 6.90. The molecule has 1 aromatic rings. The van der Waals surface area contributed by atoms with Crippen molar-refractivity contribution in [2.75, 3.05) is 26.7 Å². The SMILES string of the molecule is CNCC1CCCN(C(=O)c2ccc(Br)cc2[N+](=O)[O-])C1. The molecule has 0 spiro atoms. The standard InChI is InChI=1S/C14H18BrN3O3/c1-16-8-10-3-2-6-17(9-10)14(19)12-5-4-11(15)7-13(12)18(20)21/h4-5,7,10,16H,2-3,6,8-9H2,1H3. The monoisotopic (exact) mass is 355 g/mol. The van der Waals surface area contributed by atoms with Crippen LogP contribution in [0.5, 0.6) is 0 Å². The average Bonchev–Trinajstić information content (AvgIpc) is 2.47. The minimum absolute atomic E-state index is 0.148. The van der Waals surface area contributed by atoms with E-state index in [4.69, 9.17) is 0 Å². The molecule has 7 heteroatoms. The van der Waals surface area contributed by atoms with Crippen LogP contribution in [0.3, 0.4) is 0 Å². The maximum atomic E-state index is 12.6. The van der Waals surface area contributed by atoms with Crippen molar-refractivity contribution in [2.24, 2.45) is 5.92 Å². The Morgan fingerprint density at radius 1 is 1.57 bits per heavy atom. The Hall–Kier alpha value is -1.47. The third kappa shape index (κ3) is 3.79. The van der Waals surface area contributed by atoms with E-state index in [0.717, 1.165) is 19.4 Å². The summed E-state index contributed by atoms with van der Waals surface area (Å²) in [5.41, 5.74) is 0.0124. The normalized spacial score (nSPS) is 18.6. The van der Waals surface area contributed by atoms with Crippen LogP contribution >= 0.6 is 15.9 Å². The lowest BCUT2D eigenvalue weighted by atomic mass is 9.97. The summed E-state index contributed by atoms with van der Waals surface area (Å²) in [4.78, 5) is 24.9. The Kier molecular flexibility index (Phi) is 5.30. The molecule has 1 aliphatic heterocycles. The predicted molar refractivity (Wildman–Crippen MR) is 83.4 cm³/mol. The predicted octanol–water partition coefficient (Wildman–Crippen LogP) is 2.43. The summed E-state index contributed by atoms with van der Waals surface area (Å²) in [5.74, 6) is 0.150. The second kappa shape index (κ2) is 7.00. The third-order valence-electron chi connectivity index (χ3n) is 3.69.